The topological polar surface area (TPSA) is 61.3 Å². The summed E-state index contributed by atoms with van der Waals surface area (Å²) in [6.45, 7) is 1.05. The van der Waals surface area contributed by atoms with Gasteiger partial charge in [-0.15, -0.1) is 11.3 Å². The lowest BCUT2D eigenvalue weighted by atomic mass is 10.1. The van der Waals surface area contributed by atoms with E-state index in [-0.39, 0.29) is 5.78 Å². The molecule has 4 rings (SSSR count). The number of ether oxygens (including phenoxy) is 2. The van der Waals surface area contributed by atoms with E-state index in [0.717, 1.165) is 15.2 Å². The van der Waals surface area contributed by atoms with Crippen LogP contribution in [0.1, 0.15) is 10.4 Å². The number of carbonyl (C=O) groups is 1. The fourth-order valence-electron chi connectivity index (χ4n) is 2.32. The molecule has 1 aliphatic heterocycles. The summed E-state index contributed by atoms with van der Waals surface area (Å²) in [5.41, 5.74) is 0.623. The maximum atomic E-state index is 12.4. The lowest BCUT2D eigenvalue weighted by Crippen LogP contribution is -2.16. The van der Waals surface area contributed by atoms with Crippen molar-refractivity contribution in [2.45, 2.75) is 5.03 Å². The summed E-state index contributed by atoms with van der Waals surface area (Å²) in [7, 11) is 0. The summed E-state index contributed by atoms with van der Waals surface area (Å²) in [4.78, 5) is 21.8. The van der Waals surface area contributed by atoms with Gasteiger partial charge in [0.15, 0.2) is 17.3 Å². The third-order valence-electron chi connectivity index (χ3n) is 3.43. The average molecular weight is 344 g/mol. The van der Waals surface area contributed by atoms with Crippen molar-refractivity contribution >= 4 is 39.1 Å². The minimum atomic E-state index is 0.0361. The molecule has 23 heavy (non-hydrogen) atoms. The van der Waals surface area contributed by atoms with Gasteiger partial charge in [0.25, 0.3) is 0 Å². The van der Waals surface area contributed by atoms with E-state index in [1.165, 1.54) is 18.1 Å². The highest BCUT2D eigenvalue weighted by molar-refractivity contribution is 8.00. The van der Waals surface area contributed by atoms with Crippen molar-refractivity contribution in [1.29, 1.82) is 0 Å². The molecule has 116 valence electrons. The Hall–Kier alpha value is -2.12. The van der Waals surface area contributed by atoms with Gasteiger partial charge in [-0.1, -0.05) is 11.8 Å². The number of thiophene rings is 1. The van der Waals surface area contributed by atoms with Crippen LogP contribution in [0.15, 0.2) is 41.0 Å². The van der Waals surface area contributed by atoms with Crippen LogP contribution in [-0.4, -0.2) is 34.7 Å². The fourth-order valence-corrected chi connectivity index (χ4v) is 3.99. The van der Waals surface area contributed by atoms with E-state index in [9.17, 15) is 4.79 Å². The van der Waals surface area contributed by atoms with Gasteiger partial charge in [-0.05, 0) is 29.6 Å². The van der Waals surface area contributed by atoms with Crippen molar-refractivity contribution in [2.24, 2.45) is 0 Å². The van der Waals surface area contributed by atoms with Crippen LogP contribution in [0, 0.1) is 0 Å². The highest BCUT2D eigenvalue weighted by atomic mass is 32.2. The third-order valence-corrected chi connectivity index (χ3v) is 5.26. The molecular formula is C16H12N2O3S2. The molecule has 0 aliphatic carbocycles. The Morgan fingerprint density at radius 3 is 2.96 bits per heavy atom. The smallest absolute Gasteiger partial charge is 0.173 e. The van der Waals surface area contributed by atoms with Crippen LogP contribution < -0.4 is 9.47 Å². The number of benzene rings is 1. The van der Waals surface area contributed by atoms with Crippen molar-refractivity contribution in [3.05, 3.63) is 41.5 Å². The van der Waals surface area contributed by atoms with E-state index < -0.39 is 0 Å². The quantitative estimate of drug-likeness (QED) is 0.410. The molecule has 0 spiro atoms. The van der Waals surface area contributed by atoms with E-state index in [1.54, 1.807) is 29.5 Å². The van der Waals surface area contributed by atoms with Gasteiger partial charge in [0.1, 0.15) is 29.4 Å². The maximum Gasteiger partial charge on any atom is 0.173 e. The minimum absolute atomic E-state index is 0.0361. The molecular weight excluding hydrogens is 332 g/mol. The predicted octanol–water partition coefficient (Wildman–Crippen LogP) is 3.44. The molecule has 0 amide bonds. The summed E-state index contributed by atoms with van der Waals surface area (Å²) in [5.74, 6) is 1.68. The zero-order valence-corrected chi connectivity index (χ0v) is 13.7. The zero-order valence-electron chi connectivity index (χ0n) is 12.0. The molecule has 7 heteroatoms. The van der Waals surface area contributed by atoms with Gasteiger partial charge in [0.05, 0.1) is 5.75 Å². The molecule has 2 aromatic heterocycles. The number of carbonyl (C=O) groups excluding carboxylic acids is 1. The molecule has 0 N–H and O–H groups in total. The molecule has 0 radical (unpaired) electrons. The molecule has 5 nitrogen and oxygen atoms in total. The lowest BCUT2D eigenvalue weighted by Gasteiger charge is -2.18. The standard InChI is InChI=1S/C16H12N2O3S2/c19-12(10-1-2-13-14(7-10)21-5-4-20-13)8-23-16-11-3-6-22-15(11)17-9-18-16/h1-3,6-7,9H,4-5,8H2. The molecule has 3 aromatic rings. The number of fused-ring (bicyclic) bond motifs is 2. The first-order valence-corrected chi connectivity index (χ1v) is 8.91. The van der Waals surface area contributed by atoms with Gasteiger partial charge in [-0.25, -0.2) is 9.97 Å². The molecule has 0 fully saturated rings. The SMILES string of the molecule is O=C(CSc1ncnc2sccc12)c1ccc2c(c1)OCCO2. The van der Waals surface area contributed by atoms with Crippen molar-refractivity contribution in [1.82, 2.24) is 9.97 Å². The van der Waals surface area contributed by atoms with Gasteiger partial charge < -0.3 is 9.47 Å². The molecule has 0 atom stereocenters. The van der Waals surface area contributed by atoms with Crippen molar-refractivity contribution in [3.63, 3.8) is 0 Å². The summed E-state index contributed by atoms with van der Waals surface area (Å²) < 4.78 is 11.0. The van der Waals surface area contributed by atoms with E-state index in [0.29, 0.717) is 36.0 Å². The first-order valence-electron chi connectivity index (χ1n) is 7.05. The lowest BCUT2D eigenvalue weighted by molar-refractivity contribution is 0.102. The average Bonchev–Trinajstić information content (AvgIpc) is 3.08. The Morgan fingerprint density at radius 1 is 1.17 bits per heavy atom. The Balaban J connectivity index is 1.51. The first kappa shape index (κ1) is 14.5. The van der Waals surface area contributed by atoms with Crippen LogP contribution in [-0.2, 0) is 0 Å². The number of hydrogen-bond donors (Lipinski definition) is 0. The molecule has 0 saturated heterocycles. The third kappa shape index (κ3) is 2.89. The Kier molecular flexibility index (Phi) is 3.88. The van der Waals surface area contributed by atoms with Crippen molar-refractivity contribution in [3.8, 4) is 11.5 Å². The number of ketones is 1. The molecule has 1 aromatic carbocycles. The second kappa shape index (κ2) is 6.17. The Morgan fingerprint density at radius 2 is 2.04 bits per heavy atom. The molecule has 0 unspecified atom stereocenters. The van der Waals surface area contributed by atoms with Crippen molar-refractivity contribution in [2.75, 3.05) is 19.0 Å². The molecule has 0 saturated carbocycles. The summed E-state index contributed by atoms with van der Waals surface area (Å²) >= 11 is 3.00. The normalized spacial score (nSPS) is 13.2. The molecule has 3 heterocycles. The Labute approximate surface area is 140 Å². The first-order chi connectivity index (χ1) is 11.3. The summed E-state index contributed by atoms with van der Waals surface area (Å²) in [6.07, 6.45) is 1.54. The molecule has 1 aliphatic rings. The summed E-state index contributed by atoms with van der Waals surface area (Å²) in [6, 6.07) is 7.29. The van der Waals surface area contributed by atoms with Gasteiger partial charge in [0, 0.05) is 10.9 Å². The highest BCUT2D eigenvalue weighted by Gasteiger charge is 2.16. The highest BCUT2D eigenvalue weighted by Crippen LogP contribution is 2.32. The van der Waals surface area contributed by atoms with Crippen LogP contribution in [0.3, 0.4) is 0 Å². The zero-order chi connectivity index (χ0) is 15.6. The van der Waals surface area contributed by atoms with E-state index >= 15 is 0 Å². The van der Waals surface area contributed by atoms with Crippen LogP contribution in [0.4, 0.5) is 0 Å². The minimum Gasteiger partial charge on any atom is -0.486 e. The van der Waals surface area contributed by atoms with Gasteiger partial charge in [-0.2, -0.15) is 0 Å². The monoisotopic (exact) mass is 344 g/mol. The van der Waals surface area contributed by atoms with Crippen LogP contribution in [0.2, 0.25) is 0 Å². The summed E-state index contributed by atoms with van der Waals surface area (Å²) in [5, 5.41) is 3.81. The van der Waals surface area contributed by atoms with Crippen molar-refractivity contribution < 1.29 is 14.3 Å². The van der Waals surface area contributed by atoms with Crippen LogP contribution in [0.25, 0.3) is 10.2 Å². The van der Waals surface area contributed by atoms with E-state index in [4.69, 9.17) is 9.47 Å². The molecule has 0 bridgehead atoms. The number of rotatable bonds is 4. The number of Topliss-reactive ketones (excluding diaryl/α,β-unsaturated/α-hetero) is 1. The fraction of sp³-hybridized carbons (Fsp3) is 0.188. The van der Waals surface area contributed by atoms with E-state index in [2.05, 4.69) is 9.97 Å². The van der Waals surface area contributed by atoms with Gasteiger partial charge in [-0.3, -0.25) is 4.79 Å². The number of nitrogens with zero attached hydrogens (tertiary/aromatic N) is 2. The maximum absolute atomic E-state index is 12.4. The van der Waals surface area contributed by atoms with Crippen LogP contribution >= 0.6 is 23.1 Å². The Bertz CT molecular complexity index is 879. The largest absolute Gasteiger partial charge is 0.486 e. The van der Waals surface area contributed by atoms with Gasteiger partial charge >= 0.3 is 0 Å². The second-order valence-corrected chi connectivity index (χ2v) is 6.75. The second-order valence-electron chi connectivity index (χ2n) is 4.89. The predicted molar refractivity (Wildman–Crippen MR) is 89.9 cm³/mol. The van der Waals surface area contributed by atoms with Crippen LogP contribution in [0.5, 0.6) is 11.5 Å². The number of aromatic nitrogens is 2. The van der Waals surface area contributed by atoms with E-state index in [1.807, 2.05) is 11.4 Å². The number of thioether (sulfide) groups is 1. The number of hydrogen-bond acceptors (Lipinski definition) is 7. The van der Waals surface area contributed by atoms with Gasteiger partial charge in [0.2, 0.25) is 0 Å².